The molecule has 0 unspecified atom stereocenters. The Kier molecular flexibility index (Phi) is 5.06. The molecule has 0 aliphatic carbocycles. The number of amides is 1. The number of carbonyl (C=O) groups excluding carboxylic acids is 1. The third-order valence-corrected chi connectivity index (χ3v) is 4.45. The van der Waals surface area contributed by atoms with Gasteiger partial charge in [0, 0.05) is 12.6 Å². The molecule has 0 aromatic heterocycles. The predicted molar refractivity (Wildman–Crippen MR) is 83.0 cm³/mol. The van der Waals surface area contributed by atoms with Gasteiger partial charge in [0.2, 0.25) is 5.91 Å². The van der Waals surface area contributed by atoms with Crippen LogP contribution in [0.4, 0.5) is 0 Å². The minimum atomic E-state index is -0.818. The van der Waals surface area contributed by atoms with Gasteiger partial charge in [-0.05, 0) is 43.9 Å². The number of aryl methyl sites for hydroxylation is 1. The molecule has 2 atom stereocenters. The summed E-state index contributed by atoms with van der Waals surface area (Å²) in [6.45, 7) is 4.41. The van der Waals surface area contributed by atoms with Crippen LogP contribution >= 0.6 is 0 Å². The van der Waals surface area contributed by atoms with Crippen LogP contribution < -0.4 is 4.74 Å². The highest BCUT2D eigenvalue weighted by Crippen LogP contribution is 2.25. The summed E-state index contributed by atoms with van der Waals surface area (Å²) in [6.07, 6.45) is 1.65. The zero-order chi connectivity index (χ0) is 16.3. The fraction of sp³-hybridized carbons (Fsp3) is 0.529. The molecule has 0 radical (unpaired) electrons. The van der Waals surface area contributed by atoms with Crippen molar-refractivity contribution in [2.45, 2.75) is 39.2 Å². The number of piperidine rings is 1. The Bertz CT molecular complexity index is 570. The van der Waals surface area contributed by atoms with Crippen LogP contribution in [0.15, 0.2) is 18.2 Å². The van der Waals surface area contributed by atoms with E-state index in [4.69, 9.17) is 4.74 Å². The van der Waals surface area contributed by atoms with Crippen LogP contribution in [0.25, 0.3) is 0 Å². The number of carbonyl (C=O) groups is 2. The van der Waals surface area contributed by atoms with Crippen LogP contribution in [0.3, 0.4) is 0 Å². The Morgan fingerprint density at radius 1 is 1.41 bits per heavy atom. The zero-order valence-electron chi connectivity index (χ0n) is 13.3. The van der Waals surface area contributed by atoms with Crippen molar-refractivity contribution < 1.29 is 19.4 Å². The van der Waals surface area contributed by atoms with Crippen LogP contribution in [0.1, 0.15) is 30.9 Å². The van der Waals surface area contributed by atoms with Gasteiger partial charge >= 0.3 is 5.97 Å². The van der Waals surface area contributed by atoms with E-state index in [1.54, 1.807) is 12.0 Å². The number of hydrogen-bond acceptors (Lipinski definition) is 3. The first kappa shape index (κ1) is 16.3. The minimum absolute atomic E-state index is 0.0237. The van der Waals surface area contributed by atoms with Gasteiger partial charge in [0.05, 0.1) is 19.4 Å². The van der Waals surface area contributed by atoms with E-state index in [0.717, 1.165) is 23.3 Å². The summed E-state index contributed by atoms with van der Waals surface area (Å²) in [5, 5.41) is 9.24. The predicted octanol–water partition coefficient (Wildman–Crippen LogP) is 2.26. The Labute approximate surface area is 130 Å². The van der Waals surface area contributed by atoms with Crippen molar-refractivity contribution in [1.82, 2.24) is 4.90 Å². The molecule has 0 bridgehead atoms. The van der Waals surface area contributed by atoms with Crippen LogP contribution in [0.2, 0.25) is 0 Å². The summed E-state index contributed by atoms with van der Waals surface area (Å²) in [6, 6.07) is 5.46. The van der Waals surface area contributed by atoms with Crippen molar-refractivity contribution in [3.63, 3.8) is 0 Å². The number of aliphatic carboxylic acids is 1. The third kappa shape index (κ3) is 3.40. The Balaban J connectivity index is 2.10. The lowest BCUT2D eigenvalue weighted by atomic mass is 9.90. The number of benzene rings is 1. The maximum atomic E-state index is 12.5. The summed E-state index contributed by atoms with van der Waals surface area (Å²) < 4.78 is 5.28. The highest BCUT2D eigenvalue weighted by Gasteiger charge is 2.35. The van der Waals surface area contributed by atoms with Gasteiger partial charge in [-0.2, -0.15) is 0 Å². The normalized spacial score (nSPS) is 21.5. The van der Waals surface area contributed by atoms with Crippen molar-refractivity contribution in [1.29, 1.82) is 0 Å². The van der Waals surface area contributed by atoms with E-state index in [0.29, 0.717) is 13.0 Å². The molecule has 0 saturated carbocycles. The lowest BCUT2D eigenvalue weighted by molar-refractivity contribution is -0.148. The molecule has 1 saturated heterocycles. The monoisotopic (exact) mass is 305 g/mol. The van der Waals surface area contributed by atoms with E-state index in [2.05, 4.69) is 0 Å². The molecule has 1 aromatic carbocycles. The Hall–Kier alpha value is -2.04. The van der Waals surface area contributed by atoms with E-state index < -0.39 is 11.9 Å². The molecule has 5 nitrogen and oxygen atoms in total. The molecule has 22 heavy (non-hydrogen) atoms. The third-order valence-electron chi connectivity index (χ3n) is 4.45. The number of likely N-dealkylation sites (tertiary alicyclic amines) is 1. The first-order valence-electron chi connectivity index (χ1n) is 7.60. The van der Waals surface area contributed by atoms with E-state index in [1.807, 2.05) is 32.0 Å². The van der Waals surface area contributed by atoms with Gasteiger partial charge in [-0.25, -0.2) is 0 Å². The molecule has 1 fully saturated rings. The smallest absolute Gasteiger partial charge is 0.308 e. The molecule has 0 spiro atoms. The molecule has 120 valence electrons. The lowest BCUT2D eigenvalue weighted by Crippen LogP contribution is -2.49. The Morgan fingerprint density at radius 3 is 2.77 bits per heavy atom. The average Bonchev–Trinajstić information content (AvgIpc) is 2.49. The van der Waals surface area contributed by atoms with Crippen LogP contribution in [0.5, 0.6) is 5.75 Å². The number of ether oxygens (including phenoxy) is 1. The van der Waals surface area contributed by atoms with Gasteiger partial charge in [0.25, 0.3) is 0 Å². The molecule has 1 aliphatic rings. The fourth-order valence-corrected chi connectivity index (χ4v) is 3.08. The van der Waals surface area contributed by atoms with Gasteiger partial charge in [-0.3, -0.25) is 9.59 Å². The number of nitrogens with zero attached hydrogens (tertiary/aromatic N) is 1. The summed E-state index contributed by atoms with van der Waals surface area (Å²) in [7, 11) is 1.61. The zero-order valence-corrected chi connectivity index (χ0v) is 13.3. The second kappa shape index (κ2) is 6.81. The number of rotatable bonds is 4. The van der Waals surface area contributed by atoms with E-state index >= 15 is 0 Å². The quantitative estimate of drug-likeness (QED) is 0.926. The average molecular weight is 305 g/mol. The highest BCUT2D eigenvalue weighted by molar-refractivity contribution is 5.80. The standard InChI is InChI=1S/C17H23NO4/c1-11-6-7-13(9-15(11)22-3)10-16(19)18-8-4-5-14(12(18)2)17(20)21/h6-7,9,12,14H,4-5,8,10H2,1-3H3,(H,20,21)/t12-,14-/m0/s1. The molecule has 1 aliphatic heterocycles. The first-order valence-corrected chi connectivity index (χ1v) is 7.60. The minimum Gasteiger partial charge on any atom is -0.496 e. The molecule has 1 N–H and O–H groups in total. The molecule has 1 amide bonds. The van der Waals surface area contributed by atoms with Gasteiger partial charge < -0.3 is 14.7 Å². The van der Waals surface area contributed by atoms with Gasteiger partial charge in [-0.1, -0.05) is 12.1 Å². The largest absolute Gasteiger partial charge is 0.496 e. The maximum absolute atomic E-state index is 12.5. The number of carboxylic acids is 1. The first-order chi connectivity index (χ1) is 10.4. The van der Waals surface area contributed by atoms with Crippen molar-refractivity contribution >= 4 is 11.9 Å². The summed E-state index contributed by atoms with van der Waals surface area (Å²) in [4.78, 5) is 25.5. The lowest BCUT2D eigenvalue weighted by Gasteiger charge is -2.37. The second-order valence-corrected chi connectivity index (χ2v) is 5.90. The van der Waals surface area contributed by atoms with E-state index in [9.17, 15) is 14.7 Å². The molecule has 2 rings (SSSR count). The summed E-state index contributed by atoms with van der Waals surface area (Å²) in [5.41, 5.74) is 1.91. The van der Waals surface area contributed by atoms with Gasteiger partial charge in [-0.15, -0.1) is 0 Å². The number of methoxy groups -OCH3 is 1. The van der Waals surface area contributed by atoms with Crippen LogP contribution in [-0.4, -0.2) is 41.6 Å². The summed E-state index contributed by atoms with van der Waals surface area (Å²) >= 11 is 0. The second-order valence-electron chi connectivity index (χ2n) is 5.90. The van der Waals surface area contributed by atoms with Crippen molar-refractivity contribution in [3.05, 3.63) is 29.3 Å². The maximum Gasteiger partial charge on any atom is 0.308 e. The fourth-order valence-electron chi connectivity index (χ4n) is 3.08. The van der Waals surface area contributed by atoms with E-state index in [-0.39, 0.29) is 18.4 Å². The summed E-state index contributed by atoms with van der Waals surface area (Å²) in [5.74, 6) is -0.544. The topological polar surface area (TPSA) is 66.8 Å². The Morgan fingerprint density at radius 2 is 2.14 bits per heavy atom. The van der Waals surface area contributed by atoms with Crippen molar-refractivity contribution in [2.24, 2.45) is 5.92 Å². The van der Waals surface area contributed by atoms with Gasteiger partial charge in [0.15, 0.2) is 0 Å². The van der Waals surface area contributed by atoms with Crippen LogP contribution in [-0.2, 0) is 16.0 Å². The highest BCUT2D eigenvalue weighted by atomic mass is 16.5. The van der Waals surface area contributed by atoms with Crippen molar-refractivity contribution in [3.8, 4) is 5.75 Å². The molecule has 1 aromatic rings. The van der Waals surface area contributed by atoms with E-state index in [1.165, 1.54) is 0 Å². The molecular weight excluding hydrogens is 282 g/mol. The SMILES string of the molecule is COc1cc(CC(=O)N2CCC[C@H](C(=O)O)[C@@H]2C)ccc1C. The molecule has 1 heterocycles. The van der Waals surface area contributed by atoms with Gasteiger partial charge in [0.1, 0.15) is 5.75 Å². The number of hydrogen-bond donors (Lipinski definition) is 1. The molecule has 5 heteroatoms. The van der Waals surface area contributed by atoms with Crippen molar-refractivity contribution in [2.75, 3.05) is 13.7 Å². The number of carboxylic acid groups (broad SMARTS) is 1. The molecular formula is C17H23NO4. The van der Waals surface area contributed by atoms with Crippen LogP contribution in [0, 0.1) is 12.8 Å².